The number of amides is 1. The highest BCUT2D eigenvalue weighted by atomic mass is 32.2. The molecule has 0 aromatic heterocycles. The van der Waals surface area contributed by atoms with Gasteiger partial charge in [0.2, 0.25) is 0 Å². The molecular formula is C41H39N3O14S3. The summed E-state index contributed by atoms with van der Waals surface area (Å²) in [5.74, 6) is -1.28. The number of carbonyl (C=O) groups excluding carboxylic acids is 1. The lowest BCUT2D eigenvalue weighted by molar-refractivity contribution is -0.137. The summed E-state index contributed by atoms with van der Waals surface area (Å²) in [4.78, 5) is 29.2. The molecule has 0 bridgehead atoms. The molecule has 6 N–H and O–H groups in total. The van der Waals surface area contributed by atoms with E-state index in [1.807, 2.05) is 6.07 Å². The van der Waals surface area contributed by atoms with Crippen LogP contribution in [-0.2, 0) is 48.0 Å². The number of carboxylic acids is 1. The molecular weight excluding hydrogens is 855 g/mol. The molecule has 6 rings (SSSR count). The van der Waals surface area contributed by atoms with E-state index in [-0.39, 0.29) is 62.5 Å². The first-order valence-electron chi connectivity index (χ1n) is 18.4. The molecule has 61 heavy (non-hydrogen) atoms. The van der Waals surface area contributed by atoms with Gasteiger partial charge < -0.3 is 24.8 Å². The lowest BCUT2D eigenvalue weighted by atomic mass is 9.90. The number of phenolic OH excluding ortho intramolecular Hbond substituents is 1. The van der Waals surface area contributed by atoms with E-state index in [2.05, 4.69) is 10.3 Å². The van der Waals surface area contributed by atoms with E-state index in [1.54, 1.807) is 61.6 Å². The zero-order valence-electron chi connectivity index (χ0n) is 32.2. The minimum absolute atomic E-state index is 0.0204. The normalized spacial score (nSPS) is 12.5. The van der Waals surface area contributed by atoms with E-state index in [0.717, 1.165) is 18.2 Å². The summed E-state index contributed by atoms with van der Waals surface area (Å²) in [6, 6.07) is 23.8. The second kappa shape index (κ2) is 17.8. The zero-order chi connectivity index (χ0) is 44.3. The standard InChI is InChI=1S/C41H39N3O14S3/c1-44(20-4-7-39(46)47)41(48)32-6-3-2-5-31(32)40-33-14-10-27(42-18-16-25-8-12-29(23-35(25)45)59(49,50)51)21-36(33)58-37-22-28(11-15-34(37)40)43-19-17-26-9-13-30(60(52,53)54)24-38(26)61(55,56)57/h2-3,5-6,8-15,21-24,42,45H,4,7,16-20H2,1H3,(H,46,47)(H,49,50,51)(H,52,53,54)(H,55,56,57). The molecule has 0 saturated heterocycles. The van der Waals surface area contributed by atoms with E-state index in [9.17, 15) is 53.6 Å². The van der Waals surface area contributed by atoms with Crippen LogP contribution in [0.2, 0.25) is 0 Å². The topological polar surface area (TPSA) is 278 Å². The molecule has 17 nitrogen and oxygen atoms in total. The maximum atomic E-state index is 13.9. The number of rotatable bonds is 16. The van der Waals surface area contributed by atoms with Crippen molar-refractivity contribution in [2.75, 3.05) is 32.0 Å². The van der Waals surface area contributed by atoms with Crippen molar-refractivity contribution in [3.05, 3.63) is 119 Å². The summed E-state index contributed by atoms with van der Waals surface area (Å²) in [6.07, 6.45) is 0.362. The largest absolute Gasteiger partial charge is 0.508 e. The van der Waals surface area contributed by atoms with Crippen molar-refractivity contribution in [1.29, 1.82) is 0 Å². The van der Waals surface area contributed by atoms with Crippen LogP contribution < -0.4 is 10.7 Å². The van der Waals surface area contributed by atoms with Gasteiger partial charge in [-0.15, -0.1) is 0 Å². The molecule has 0 spiro atoms. The Labute approximate surface area is 350 Å². The Morgan fingerprint density at radius 2 is 1.44 bits per heavy atom. The van der Waals surface area contributed by atoms with Crippen LogP contribution in [0.15, 0.2) is 121 Å². The number of aromatic hydroxyl groups is 1. The Kier molecular flexibility index (Phi) is 13.0. The maximum Gasteiger partial charge on any atom is 0.303 e. The van der Waals surface area contributed by atoms with Crippen molar-refractivity contribution >= 4 is 58.9 Å². The number of phenols is 1. The van der Waals surface area contributed by atoms with Gasteiger partial charge in [-0.2, -0.15) is 25.3 Å². The summed E-state index contributed by atoms with van der Waals surface area (Å²) in [7, 11) is -12.5. The third-order valence-electron chi connectivity index (χ3n) is 9.73. The summed E-state index contributed by atoms with van der Waals surface area (Å²) in [6.45, 7) is 0.467. The fraction of sp³-hybridized carbons (Fsp3) is 0.195. The number of anilines is 1. The van der Waals surface area contributed by atoms with Gasteiger partial charge in [0.15, 0.2) is 0 Å². The molecule has 0 radical (unpaired) electrons. The minimum Gasteiger partial charge on any atom is -0.508 e. The first-order valence-corrected chi connectivity index (χ1v) is 22.7. The minimum atomic E-state index is -4.88. The summed E-state index contributed by atoms with van der Waals surface area (Å²) in [5.41, 5.74) is 3.61. The molecule has 0 atom stereocenters. The second-order valence-electron chi connectivity index (χ2n) is 13.9. The number of carboxylic acid groups (broad SMARTS) is 1. The Hall–Kier alpha value is -6.16. The van der Waals surface area contributed by atoms with Gasteiger partial charge in [-0.05, 0) is 84.5 Å². The Bertz CT molecular complexity index is 3060. The Morgan fingerprint density at radius 1 is 0.754 bits per heavy atom. The average Bonchev–Trinajstić information content (AvgIpc) is 3.19. The van der Waals surface area contributed by atoms with E-state index < -0.39 is 51.0 Å². The van der Waals surface area contributed by atoms with Crippen molar-refractivity contribution in [3.63, 3.8) is 0 Å². The molecule has 1 aliphatic carbocycles. The first kappa shape index (κ1) is 44.4. The predicted octanol–water partition coefficient (Wildman–Crippen LogP) is 5.39. The molecule has 320 valence electrons. The number of carbonyl (C=O) groups is 2. The highest BCUT2D eigenvalue weighted by Crippen LogP contribution is 2.42. The third kappa shape index (κ3) is 10.6. The summed E-state index contributed by atoms with van der Waals surface area (Å²) >= 11 is 0. The molecule has 1 amide bonds. The lowest BCUT2D eigenvalue weighted by Gasteiger charge is -2.21. The van der Waals surface area contributed by atoms with Crippen molar-refractivity contribution in [1.82, 2.24) is 4.90 Å². The van der Waals surface area contributed by atoms with Crippen molar-refractivity contribution in [2.24, 2.45) is 4.99 Å². The molecule has 1 aliphatic heterocycles. The highest BCUT2D eigenvalue weighted by molar-refractivity contribution is 7.86. The quantitative estimate of drug-likeness (QED) is 0.0525. The Morgan fingerprint density at radius 3 is 2.11 bits per heavy atom. The van der Waals surface area contributed by atoms with Crippen LogP contribution in [0.4, 0.5) is 5.69 Å². The van der Waals surface area contributed by atoms with E-state index in [4.69, 9.17) is 9.52 Å². The van der Waals surface area contributed by atoms with Gasteiger partial charge in [-0.1, -0.05) is 30.3 Å². The number of nitrogens with zero attached hydrogens (tertiary/aromatic N) is 2. The van der Waals surface area contributed by atoms with Gasteiger partial charge >= 0.3 is 5.97 Å². The van der Waals surface area contributed by atoms with Crippen LogP contribution in [-0.4, -0.2) is 92.6 Å². The lowest BCUT2D eigenvalue weighted by Crippen LogP contribution is -2.28. The molecule has 4 aromatic rings. The molecule has 0 unspecified atom stereocenters. The number of nitrogens with one attached hydrogen (secondary N) is 1. The monoisotopic (exact) mass is 893 g/mol. The molecule has 1 heterocycles. The fourth-order valence-corrected chi connectivity index (χ4v) is 8.60. The third-order valence-corrected chi connectivity index (χ3v) is 12.4. The summed E-state index contributed by atoms with van der Waals surface area (Å²) in [5, 5.41) is 23.8. The molecule has 20 heteroatoms. The molecule has 2 aliphatic rings. The van der Waals surface area contributed by atoms with E-state index in [0.29, 0.717) is 61.7 Å². The first-order chi connectivity index (χ1) is 28.7. The SMILES string of the molecule is CN(CCCC(=O)O)C(=O)c1ccccc1-c1c2ccc(=NCCc3ccc(S(=O)(=O)O)cc3S(=O)(=O)O)cc-2oc2cc(NCCc3ccc(S(=O)(=O)O)cc3O)ccc12. The maximum absolute atomic E-state index is 13.9. The molecule has 4 aromatic carbocycles. The number of benzene rings is 5. The van der Waals surface area contributed by atoms with Gasteiger partial charge in [-0.25, -0.2) is 0 Å². The van der Waals surface area contributed by atoms with Crippen LogP contribution in [0.5, 0.6) is 5.75 Å². The zero-order valence-corrected chi connectivity index (χ0v) is 34.7. The second-order valence-corrected chi connectivity index (χ2v) is 18.2. The fourth-order valence-electron chi connectivity index (χ4n) is 6.74. The van der Waals surface area contributed by atoms with Crippen molar-refractivity contribution < 1.29 is 63.1 Å². The van der Waals surface area contributed by atoms with Crippen LogP contribution in [0, 0.1) is 0 Å². The highest BCUT2D eigenvalue weighted by Gasteiger charge is 2.24. The van der Waals surface area contributed by atoms with Crippen LogP contribution >= 0.6 is 0 Å². The van der Waals surface area contributed by atoms with Crippen molar-refractivity contribution in [2.45, 2.75) is 40.4 Å². The predicted molar refractivity (Wildman–Crippen MR) is 222 cm³/mol. The number of hydrogen-bond acceptors (Lipinski definition) is 12. The van der Waals surface area contributed by atoms with Crippen LogP contribution in [0.25, 0.3) is 33.4 Å². The number of hydrogen-bond donors (Lipinski definition) is 6. The van der Waals surface area contributed by atoms with E-state index in [1.165, 1.54) is 17.0 Å². The van der Waals surface area contributed by atoms with Crippen molar-refractivity contribution in [3.8, 4) is 28.2 Å². The Balaban J connectivity index is 1.39. The smallest absolute Gasteiger partial charge is 0.303 e. The van der Waals surface area contributed by atoms with Crippen LogP contribution in [0.1, 0.15) is 34.3 Å². The number of fused-ring (bicyclic) bond motifs is 2. The van der Waals surface area contributed by atoms with Gasteiger partial charge in [0, 0.05) is 79.1 Å². The summed E-state index contributed by atoms with van der Waals surface area (Å²) < 4.78 is 105. The van der Waals surface area contributed by atoms with E-state index >= 15 is 0 Å². The van der Waals surface area contributed by atoms with Gasteiger partial charge in [0.25, 0.3) is 36.3 Å². The van der Waals surface area contributed by atoms with Gasteiger partial charge in [0.05, 0.1) is 20.0 Å². The number of aliphatic carboxylic acids is 1. The van der Waals surface area contributed by atoms with Gasteiger partial charge in [0.1, 0.15) is 17.1 Å². The molecule has 0 fully saturated rings. The van der Waals surface area contributed by atoms with Gasteiger partial charge in [-0.3, -0.25) is 28.2 Å². The van der Waals surface area contributed by atoms with Crippen LogP contribution in [0.3, 0.4) is 0 Å². The average molecular weight is 894 g/mol. The molecule has 0 saturated carbocycles.